The molecule has 0 fully saturated rings. The smallest absolute Gasteiger partial charge is 0.319 e. The average molecular weight is 413 g/mol. The maximum Gasteiger partial charge on any atom is 0.319 e. The second-order valence-electron chi connectivity index (χ2n) is 7.02. The van der Waals surface area contributed by atoms with Crippen LogP contribution in [0.4, 0.5) is 27.9 Å². The second-order valence-corrected chi connectivity index (χ2v) is 7.02. The van der Waals surface area contributed by atoms with Crippen LogP contribution in [0.3, 0.4) is 0 Å². The highest BCUT2D eigenvalue weighted by Crippen LogP contribution is 2.18. The number of benzene rings is 2. The number of fused-ring (bicyclic) bond motifs is 1. The first-order valence-electron chi connectivity index (χ1n) is 9.97. The lowest BCUT2D eigenvalue weighted by Gasteiger charge is -2.10. The van der Waals surface area contributed by atoms with Gasteiger partial charge in [0.15, 0.2) is 5.82 Å². The van der Waals surface area contributed by atoms with Gasteiger partial charge in [0.2, 0.25) is 0 Å². The van der Waals surface area contributed by atoms with E-state index in [0.717, 1.165) is 27.8 Å². The maximum atomic E-state index is 12.1. The third-order valence-electron chi connectivity index (χ3n) is 4.56. The van der Waals surface area contributed by atoms with Gasteiger partial charge in [-0.05, 0) is 59.7 Å². The molecular formula is C23H23N7O. The van der Waals surface area contributed by atoms with Gasteiger partial charge in [-0.1, -0.05) is 30.3 Å². The lowest BCUT2D eigenvalue weighted by molar-refractivity contribution is 0.252. The van der Waals surface area contributed by atoms with Crippen LogP contribution in [0.5, 0.6) is 0 Å². The predicted octanol–water partition coefficient (Wildman–Crippen LogP) is 4.31. The van der Waals surface area contributed by atoms with Crippen molar-refractivity contribution >= 4 is 39.9 Å². The molecule has 31 heavy (non-hydrogen) atoms. The van der Waals surface area contributed by atoms with E-state index in [-0.39, 0.29) is 6.03 Å². The van der Waals surface area contributed by atoms with Gasteiger partial charge in [-0.3, -0.25) is 0 Å². The van der Waals surface area contributed by atoms with E-state index in [1.807, 2.05) is 73.7 Å². The first kappa shape index (κ1) is 20.1. The fourth-order valence-electron chi connectivity index (χ4n) is 3.04. The number of nitrogens with zero attached hydrogens (tertiary/aromatic N) is 3. The molecule has 0 aliphatic rings. The van der Waals surface area contributed by atoms with Crippen LogP contribution in [0, 0.1) is 6.92 Å². The molecule has 0 atom stereocenters. The van der Waals surface area contributed by atoms with Gasteiger partial charge in [0, 0.05) is 25.0 Å². The van der Waals surface area contributed by atoms with Crippen molar-refractivity contribution in [2.75, 3.05) is 29.0 Å². The van der Waals surface area contributed by atoms with Gasteiger partial charge in [-0.2, -0.15) is 0 Å². The fourth-order valence-corrected chi connectivity index (χ4v) is 3.04. The minimum atomic E-state index is -0.256. The minimum Gasteiger partial charge on any atom is -0.367 e. The number of rotatable bonds is 7. The third kappa shape index (κ3) is 5.66. The SMILES string of the molecule is Cc1ccnc(Nc2ccc(NCCNC(=O)Nc3ccc4ccccc4c3)nn2)c1. The number of nitrogens with one attached hydrogen (secondary N) is 4. The molecular weight excluding hydrogens is 390 g/mol. The Bertz CT molecular complexity index is 1180. The Morgan fingerprint density at radius 3 is 2.45 bits per heavy atom. The lowest BCUT2D eigenvalue weighted by Crippen LogP contribution is -2.32. The van der Waals surface area contributed by atoms with E-state index in [4.69, 9.17) is 0 Å². The molecule has 0 spiro atoms. The quantitative estimate of drug-likeness (QED) is 0.337. The normalized spacial score (nSPS) is 10.5. The fraction of sp³-hybridized carbons (Fsp3) is 0.130. The maximum absolute atomic E-state index is 12.1. The molecule has 2 heterocycles. The van der Waals surface area contributed by atoms with Crippen molar-refractivity contribution in [1.82, 2.24) is 20.5 Å². The Hall–Kier alpha value is -4.20. The number of hydrogen-bond donors (Lipinski definition) is 4. The Labute approximate surface area is 180 Å². The Morgan fingerprint density at radius 2 is 1.65 bits per heavy atom. The number of hydrogen-bond acceptors (Lipinski definition) is 6. The van der Waals surface area contributed by atoms with Gasteiger partial charge in [0.25, 0.3) is 0 Å². The van der Waals surface area contributed by atoms with Crippen LogP contribution in [0.2, 0.25) is 0 Å². The summed E-state index contributed by atoms with van der Waals surface area (Å²) in [5.41, 5.74) is 1.86. The highest BCUT2D eigenvalue weighted by atomic mass is 16.2. The summed E-state index contributed by atoms with van der Waals surface area (Å²) in [4.78, 5) is 16.3. The summed E-state index contributed by atoms with van der Waals surface area (Å²) in [7, 11) is 0. The molecule has 0 aliphatic carbocycles. The van der Waals surface area contributed by atoms with Crippen LogP contribution in [-0.4, -0.2) is 34.3 Å². The molecule has 8 heteroatoms. The van der Waals surface area contributed by atoms with Crippen molar-refractivity contribution in [2.45, 2.75) is 6.92 Å². The van der Waals surface area contributed by atoms with Crippen LogP contribution in [0.15, 0.2) is 72.9 Å². The van der Waals surface area contributed by atoms with Crippen LogP contribution in [0.1, 0.15) is 5.56 Å². The third-order valence-corrected chi connectivity index (χ3v) is 4.56. The van der Waals surface area contributed by atoms with E-state index >= 15 is 0 Å². The second kappa shape index (κ2) is 9.53. The molecule has 4 aromatic rings. The van der Waals surface area contributed by atoms with Crippen molar-refractivity contribution in [3.63, 3.8) is 0 Å². The summed E-state index contributed by atoms with van der Waals surface area (Å²) in [6.45, 7) is 2.96. The number of anilines is 4. The molecule has 0 saturated carbocycles. The van der Waals surface area contributed by atoms with Crippen LogP contribution in [0.25, 0.3) is 10.8 Å². The summed E-state index contributed by atoms with van der Waals surface area (Å²) in [6.07, 6.45) is 1.74. The van der Waals surface area contributed by atoms with E-state index in [9.17, 15) is 4.79 Å². The lowest BCUT2D eigenvalue weighted by atomic mass is 10.1. The van der Waals surface area contributed by atoms with Crippen LogP contribution < -0.4 is 21.3 Å². The first-order valence-corrected chi connectivity index (χ1v) is 9.97. The number of urea groups is 1. The number of amides is 2. The minimum absolute atomic E-state index is 0.256. The molecule has 0 aliphatic heterocycles. The number of aryl methyl sites for hydroxylation is 1. The number of carbonyl (C=O) groups is 1. The molecule has 4 rings (SSSR count). The van der Waals surface area contributed by atoms with Gasteiger partial charge in [0.1, 0.15) is 11.6 Å². The number of aromatic nitrogens is 3. The van der Waals surface area contributed by atoms with Crippen molar-refractivity contribution < 1.29 is 4.79 Å². The summed E-state index contributed by atoms with van der Waals surface area (Å²) >= 11 is 0. The Balaban J connectivity index is 1.20. The molecule has 4 N–H and O–H groups in total. The summed E-state index contributed by atoms with van der Waals surface area (Å²) in [5, 5.41) is 22.4. The standard InChI is InChI=1S/C23H23N7O/c1-16-10-11-24-22(14-16)28-21-9-8-20(29-30-21)25-12-13-26-23(31)27-19-7-6-17-4-2-3-5-18(17)15-19/h2-11,14-15H,12-13H2,1H3,(H,25,29)(H,24,28,30)(H2,26,27,31). The van der Waals surface area contributed by atoms with Crippen LogP contribution in [-0.2, 0) is 0 Å². The average Bonchev–Trinajstić information content (AvgIpc) is 2.78. The molecule has 0 unspecified atom stereocenters. The van der Waals surface area contributed by atoms with Gasteiger partial charge in [-0.25, -0.2) is 9.78 Å². The van der Waals surface area contributed by atoms with E-state index in [1.54, 1.807) is 6.20 Å². The van der Waals surface area contributed by atoms with Crippen LogP contribution >= 0.6 is 0 Å². The highest BCUT2D eigenvalue weighted by Gasteiger charge is 2.03. The topological polar surface area (TPSA) is 104 Å². The predicted molar refractivity (Wildman–Crippen MR) is 124 cm³/mol. The van der Waals surface area contributed by atoms with Gasteiger partial charge in [0.05, 0.1) is 0 Å². The first-order chi connectivity index (χ1) is 15.2. The molecule has 0 bridgehead atoms. The van der Waals surface area contributed by atoms with Crippen molar-refractivity contribution in [3.8, 4) is 0 Å². The summed E-state index contributed by atoms with van der Waals surface area (Å²) in [6, 6.07) is 21.1. The molecule has 2 aromatic carbocycles. The van der Waals surface area contributed by atoms with E-state index in [2.05, 4.69) is 36.4 Å². The number of pyridine rings is 1. The molecule has 0 saturated heterocycles. The number of carbonyl (C=O) groups excluding carboxylic acids is 1. The van der Waals surface area contributed by atoms with Gasteiger partial charge < -0.3 is 21.3 Å². The zero-order valence-electron chi connectivity index (χ0n) is 17.1. The van der Waals surface area contributed by atoms with Gasteiger partial charge in [-0.15, -0.1) is 10.2 Å². The van der Waals surface area contributed by atoms with E-state index in [0.29, 0.717) is 24.7 Å². The molecule has 2 aromatic heterocycles. The largest absolute Gasteiger partial charge is 0.367 e. The molecule has 2 amide bonds. The zero-order valence-corrected chi connectivity index (χ0v) is 17.1. The Morgan fingerprint density at radius 1 is 0.839 bits per heavy atom. The molecule has 156 valence electrons. The van der Waals surface area contributed by atoms with E-state index < -0.39 is 0 Å². The Kier molecular flexibility index (Phi) is 6.18. The van der Waals surface area contributed by atoms with Gasteiger partial charge >= 0.3 is 6.03 Å². The highest BCUT2D eigenvalue weighted by molar-refractivity contribution is 5.93. The molecule has 8 nitrogen and oxygen atoms in total. The summed E-state index contributed by atoms with van der Waals surface area (Å²) in [5.74, 6) is 1.95. The van der Waals surface area contributed by atoms with E-state index in [1.165, 1.54) is 0 Å². The van der Waals surface area contributed by atoms with Crippen molar-refractivity contribution in [1.29, 1.82) is 0 Å². The van der Waals surface area contributed by atoms with Crippen molar-refractivity contribution in [2.24, 2.45) is 0 Å². The zero-order chi connectivity index (χ0) is 21.5. The monoisotopic (exact) mass is 413 g/mol. The summed E-state index contributed by atoms with van der Waals surface area (Å²) < 4.78 is 0. The molecule has 0 radical (unpaired) electrons. The van der Waals surface area contributed by atoms with Crippen molar-refractivity contribution in [3.05, 3.63) is 78.5 Å².